The maximum absolute atomic E-state index is 12.5. The van der Waals surface area contributed by atoms with E-state index in [-0.39, 0.29) is 11.5 Å². The largest absolute Gasteiger partial charge is 0.370 e. The smallest absolute Gasteiger partial charge is 0.251 e. The van der Waals surface area contributed by atoms with Gasteiger partial charge in [-0.05, 0) is 44.0 Å². The topological polar surface area (TPSA) is 54.5 Å². The Balaban J connectivity index is 1.25. The van der Waals surface area contributed by atoms with Crippen molar-refractivity contribution in [2.75, 3.05) is 19.6 Å². The lowest BCUT2D eigenvalue weighted by atomic mass is 9.73. The van der Waals surface area contributed by atoms with Crippen molar-refractivity contribution < 1.29 is 9.53 Å². The van der Waals surface area contributed by atoms with Gasteiger partial charge in [-0.3, -0.25) is 14.7 Å². The fourth-order valence-electron chi connectivity index (χ4n) is 5.50. The SMILES string of the molecule is Cc1cccc(CN2C[C@@H]3[C@H](CNC(=O)c4ccccc4)[C@H]4CC[C@]3(C2)O4)n1. The van der Waals surface area contributed by atoms with Gasteiger partial charge in [0.1, 0.15) is 0 Å². The minimum Gasteiger partial charge on any atom is -0.370 e. The van der Waals surface area contributed by atoms with Crippen LogP contribution in [0.2, 0.25) is 0 Å². The van der Waals surface area contributed by atoms with Crippen LogP contribution < -0.4 is 5.32 Å². The summed E-state index contributed by atoms with van der Waals surface area (Å²) < 4.78 is 6.51. The molecule has 146 valence electrons. The predicted molar refractivity (Wildman–Crippen MR) is 107 cm³/mol. The average Bonchev–Trinajstić information content (AvgIpc) is 3.35. The molecule has 1 amide bonds. The number of nitrogens with zero attached hydrogens (tertiary/aromatic N) is 2. The van der Waals surface area contributed by atoms with E-state index in [1.807, 2.05) is 43.3 Å². The van der Waals surface area contributed by atoms with Crippen molar-refractivity contribution in [3.63, 3.8) is 0 Å². The van der Waals surface area contributed by atoms with Gasteiger partial charge in [0, 0.05) is 49.3 Å². The molecule has 1 aromatic carbocycles. The highest BCUT2D eigenvalue weighted by atomic mass is 16.5. The zero-order chi connectivity index (χ0) is 19.1. The van der Waals surface area contributed by atoms with Gasteiger partial charge in [-0.2, -0.15) is 0 Å². The van der Waals surface area contributed by atoms with Gasteiger partial charge in [-0.15, -0.1) is 0 Å². The predicted octanol–water partition coefficient (Wildman–Crippen LogP) is 2.80. The average molecular weight is 377 g/mol. The Morgan fingerprint density at radius 1 is 1.25 bits per heavy atom. The molecule has 2 bridgehead atoms. The van der Waals surface area contributed by atoms with E-state index >= 15 is 0 Å². The Hall–Kier alpha value is -2.24. The van der Waals surface area contributed by atoms with Crippen LogP contribution in [0.4, 0.5) is 0 Å². The Morgan fingerprint density at radius 2 is 2.11 bits per heavy atom. The lowest BCUT2D eigenvalue weighted by Gasteiger charge is -2.29. The Labute approximate surface area is 166 Å². The van der Waals surface area contributed by atoms with Gasteiger partial charge in [0.25, 0.3) is 5.91 Å². The monoisotopic (exact) mass is 377 g/mol. The summed E-state index contributed by atoms with van der Waals surface area (Å²) in [4.78, 5) is 19.6. The first kappa shape index (κ1) is 17.8. The molecule has 4 heterocycles. The van der Waals surface area contributed by atoms with Crippen LogP contribution in [0.1, 0.15) is 34.6 Å². The minimum absolute atomic E-state index is 0.0104. The van der Waals surface area contributed by atoms with Gasteiger partial charge >= 0.3 is 0 Å². The van der Waals surface area contributed by atoms with Crippen molar-refractivity contribution in [2.24, 2.45) is 11.8 Å². The number of aromatic nitrogens is 1. The van der Waals surface area contributed by atoms with Crippen molar-refractivity contribution in [1.82, 2.24) is 15.2 Å². The van der Waals surface area contributed by atoms with E-state index in [1.54, 1.807) is 0 Å². The van der Waals surface area contributed by atoms with Gasteiger partial charge in [-0.1, -0.05) is 24.3 Å². The number of hydrogen-bond acceptors (Lipinski definition) is 4. The van der Waals surface area contributed by atoms with Gasteiger partial charge in [0.05, 0.1) is 17.4 Å². The van der Waals surface area contributed by atoms with Gasteiger partial charge in [-0.25, -0.2) is 0 Å². The summed E-state index contributed by atoms with van der Waals surface area (Å²) >= 11 is 0. The molecule has 0 radical (unpaired) electrons. The third kappa shape index (κ3) is 3.12. The number of rotatable bonds is 5. The zero-order valence-corrected chi connectivity index (χ0v) is 16.3. The quantitative estimate of drug-likeness (QED) is 0.871. The summed E-state index contributed by atoms with van der Waals surface area (Å²) in [6, 6.07) is 15.7. The first-order valence-corrected chi connectivity index (χ1v) is 10.3. The Morgan fingerprint density at radius 3 is 2.93 bits per heavy atom. The van der Waals surface area contributed by atoms with Crippen LogP contribution in [0.5, 0.6) is 0 Å². The molecular weight excluding hydrogens is 350 g/mol. The van der Waals surface area contributed by atoms with Gasteiger partial charge < -0.3 is 10.1 Å². The van der Waals surface area contributed by atoms with E-state index in [4.69, 9.17) is 4.74 Å². The van der Waals surface area contributed by atoms with Crippen LogP contribution >= 0.6 is 0 Å². The number of carbonyl (C=O) groups excluding carboxylic acids is 1. The van der Waals surface area contributed by atoms with Crippen LogP contribution in [-0.4, -0.2) is 47.1 Å². The molecule has 2 aromatic rings. The zero-order valence-electron chi connectivity index (χ0n) is 16.3. The van der Waals surface area contributed by atoms with Crippen LogP contribution in [0, 0.1) is 18.8 Å². The fourth-order valence-corrected chi connectivity index (χ4v) is 5.50. The maximum atomic E-state index is 12.5. The molecule has 5 rings (SSSR count). The number of fused-ring (bicyclic) bond motifs is 1. The lowest BCUT2D eigenvalue weighted by Crippen LogP contribution is -2.41. The van der Waals surface area contributed by atoms with Gasteiger partial charge in [0.2, 0.25) is 0 Å². The Bertz CT molecular complexity index is 871. The van der Waals surface area contributed by atoms with Crippen LogP contribution in [0.15, 0.2) is 48.5 Å². The second-order valence-corrected chi connectivity index (χ2v) is 8.55. The molecule has 3 fully saturated rings. The van der Waals surface area contributed by atoms with E-state index in [9.17, 15) is 4.79 Å². The number of ether oxygens (including phenoxy) is 1. The number of aryl methyl sites for hydroxylation is 1. The summed E-state index contributed by atoms with van der Waals surface area (Å²) in [5.74, 6) is 0.903. The molecule has 3 saturated heterocycles. The summed E-state index contributed by atoms with van der Waals surface area (Å²) in [7, 11) is 0. The van der Waals surface area contributed by atoms with Crippen molar-refractivity contribution in [1.29, 1.82) is 0 Å². The lowest BCUT2D eigenvalue weighted by molar-refractivity contribution is 0.00203. The van der Waals surface area contributed by atoms with E-state index in [0.29, 0.717) is 24.5 Å². The van der Waals surface area contributed by atoms with E-state index < -0.39 is 0 Å². The van der Waals surface area contributed by atoms with Crippen molar-refractivity contribution in [3.05, 3.63) is 65.5 Å². The summed E-state index contributed by atoms with van der Waals surface area (Å²) in [5.41, 5.74) is 2.89. The third-order valence-corrected chi connectivity index (χ3v) is 6.72. The van der Waals surface area contributed by atoms with Crippen LogP contribution in [-0.2, 0) is 11.3 Å². The molecular formula is C23H27N3O2. The number of amides is 1. The molecule has 28 heavy (non-hydrogen) atoms. The van der Waals surface area contributed by atoms with Crippen molar-refractivity contribution in [2.45, 2.75) is 38.0 Å². The molecule has 3 aliphatic heterocycles. The molecule has 5 nitrogen and oxygen atoms in total. The molecule has 3 aliphatic rings. The minimum atomic E-state index is -0.0172. The maximum Gasteiger partial charge on any atom is 0.251 e. The normalized spacial score (nSPS) is 31.1. The third-order valence-electron chi connectivity index (χ3n) is 6.72. The second kappa shape index (κ2) is 6.98. The number of likely N-dealkylation sites (tertiary alicyclic amines) is 1. The number of carbonyl (C=O) groups is 1. The number of benzene rings is 1. The van der Waals surface area contributed by atoms with Crippen LogP contribution in [0.3, 0.4) is 0 Å². The van der Waals surface area contributed by atoms with E-state index in [1.165, 1.54) is 0 Å². The second-order valence-electron chi connectivity index (χ2n) is 8.55. The van der Waals surface area contributed by atoms with E-state index in [0.717, 1.165) is 49.4 Å². The number of pyridine rings is 1. The highest BCUT2D eigenvalue weighted by Crippen LogP contribution is 2.54. The molecule has 5 heteroatoms. The highest BCUT2D eigenvalue weighted by molar-refractivity contribution is 5.94. The molecule has 1 N–H and O–H groups in total. The molecule has 1 spiro atoms. The Kier molecular flexibility index (Phi) is 4.44. The summed E-state index contributed by atoms with van der Waals surface area (Å²) in [5, 5.41) is 3.16. The molecule has 0 aliphatic carbocycles. The molecule has 0 saturated carbocycles. The standard InChI is InChI=1S/C23H27N3O2/c1-16-6-5-9-18(25-16)13-26-14-20-19(21-10-11-23(20,15-26)28-21)12-24-22(27)17-7-3-2-4-8-17/h2-9,19-21H,10-15H2,1H3,(H,24,27)/t19-,20+,21+,23+/m0/s1. The highest BCUT2D eigenvalue weighted by Gasteiger charge is 2.62. The summed E-state index contributed by atoms with van der Waals surface area (Å²) in [6.07, 6.45) is 2.54. The molecule has 0 unspecified atom stereocenters. The van der Waals surface area contributed by atoms with E-state index in [2.05, 4.69) is 27.3 Å². The fraction of sp³-hybridized carbons (Fsp3) is 0.478. The molecule has 4 atom stereocenters. The number of hydrogen-bond donors (Lipinski definition) is 1. The first-order valence-electron chi connectivity index (χ1n) is 10.3. The van der Waals surface area contributed by atoms with Crippen LogP contribution in [0.25, 0.3) is 0 Å². The van der Waals surface area contributed by atoms with Crippen molar-refractivity contribution in [3.8, 4) is 0 Å². The first-order chi connectivity index (χ1) is 13.6. The number of nitrogens with one attached hydrogen (secondary N) is 1. The van der Waals surface area contributed by atoms with Crippen molar-refractivity contribution >= 4 is 5.91 Å². The molecule has 1 aromatic heterocycles. The van der Waals surface area contributed by atoms with Gasteiger partial charge in [0.15, 0.2) is 0 Å². The summed E-state index contributed by atoms with van der Waals surface area (Å²) in [6.45, 7) is 5.61.